The normalized spacial score (nSPS) is 12.2. The van der Waals surface area contributed by atoms with E-state index in [4.69, 9.17) is 16.3 Å². The molecule has 0 saturated heterocycles. The predicted octanol–water partition coefficient (Wildman–Crippen LogP) is 5.19. The van der Waals surface area contributed by atoms with E-state index >= 15 is 0 Å². The summed E-state index contributed by atoms with van der Waals surface area (Å²) in [5.41, 5.74) is 3.63. The van der Waals surface area contributed by atoms with Crippen LogP contribution < -0.4 is 5.32 Å². The number of nitrogens with zero attached hydrogens (tertiary/aromatic N) is 5. The largest absolute Gasteiger partial charge is 0.444 e. The Morgan fingerprint density at radius 3 is 2.56 bits per heavy atom. The van der Waals surface area contributed by atoms with Crippen LogP contribution in [0.1, 0.15) is 38.1 Å². The van der Waals surface area contributed by atoms with Crippen molar-refractivity contribution in [3.8, 4) is 16.8 Å². The van der Waals surface area contributed by atoms with Gasteiger partial charge in [-0.15, -0.1) is 5.10 Å². The van der Waals surface area contributed by atoms with E-state index < -0.39 is 11.7 Å². The molecule has 0 bridgehead atoms. The predicted molar refractivity (Wildman–Crippen MR) is 130 cm³/mol. The summed E-state index contributed by atoms with van der Waals surface area (Å²) in [6.07, 6.45) is 3.35. The molecule has 2 aromatic heterocycles. The van der Waals surface area contributed by atoms with Crippen LogP contribution in [0.15, 0.2) is 73.2 Å². The average Bonchev–Trinajstić information content (AvgIpc) is 3.33. The van der Waals surface area contributed by atoms with E-state index in [2.05, 4.69) is 25.8 Å². The van der Waals surface area contributed by atoms with Gasteiger partial charge in [-0.25, -0.2) is 4.79 Å². The first-order valence-corrected chi connectivity index (χ1v) is 11.2. The fraction of sp³-hybridized carbons (Fsp3) is 0.240. The summed E-state index contributed by atoms with van der Waals surface area (Å²) in [7, 11) is 0. The number of aromatic nitrogens is 5. The summed E-state index contributed by atoms with van der Waals surface area (Å²) in [6, 6.07) is 18.9. The highest BCUT2D eigenvalue weighted by Crippen LogP contribution is 2.30. The van der Waals surface area contributed by atoms with Crippen LogP contribution in [-0.2, 0) is 11.2 Å². The van der Waals surface area contributed by atoms with Gasteiger partial charge in [-0.1, -0.05) is 48.0 Å². The Bertz CT molecular complexity index is 1240. The number of benzene rings is 2. The number of nitrogens with one attached hydrogen (secondary N) is 1. The molecule has 2 heterocycles. The molecular formula is C25H25ClN6O2. The third-order valence-corrected chi connectivity index (χ3v) is 5.22. The molecule has 0 aliphatic rings. The Balaban J connectivity index is 1.64. The molecule has 0 spiro atoms. The van der Waals surface area contributed by atoms with E-state index in [0.29, 0.717) is 17.1 Å². The third kappa shape index (κ3) is 5.96. The molecule has 1 atom stereocenters. The second-order valence-corrected chi connectivity index (χ2v) is 9.21. The Morgan fingerprint density at radius 2 is 1.91 bits per heavy atom. The molecule has 1 amide bonds. The lowest BCUT2D eigenvalue weighted by molar-refractivity contribution is 0.0502. The van der Waals surface area contributed by atoms with Crippen molar-refractivity contribution < 1.29 is 9.53 Å². The maximum atomic E-state index is 12.5. The summed E-state index contributed by atoms with van der Waals surface area (Å²) in [6.45, 7) is 5.50. The third-order valence-electron chi connectivity index (χ3n) is 4.98. The molecule has 2 aromatic carbocycles. The van der Waals surface area contributed by atoms with Crippen LogP contribution in [-0.4, -0.2) is 36.9 Å². The average molecular weight is 477 g/mol. The molecule has 0 aliphatic carbocycles. The zero-order chi connectivity index (χ0) is 24.1. The van der Waals surface area contributed by atoms with Crippen molar-refractivity contribution in [3.63, 3.8) is 0 Å². The van der Waals surface area contributed by atoms with Crippen LogP contribution in [0, 0.1) is 0 Å². The minimum atomic E-state index is -0.599. The van der Waals surface area contributed by atoms with Crippen molar-refractivity contribution >= 4 is 17.7 Å². The van der Waals surface area contributed by atoms with Gasteiger partial charge in [0.15, 0.2) is 0 Å². The van der Waals surface area contributed by atoms with Gasteiger partial charge in [0.2, 0.25) is 0 Å². The second kappa shape index (κ2) is 10.0. The van der Waals surface area contributed by atoms with Crippen molar-refractivity contribution in [1.29, 1.82) is 0 Å². The van der Waals surface area contributed by atoms with Gasteiger partial charge in [0, 0.05) is 22.3 Å². The lowest BCUT2D eigenvalue weighted by atomic mass is 10.0. The lowest BCUT2D eigenvalue weighted by Crippen LogP contribution is -2.36. The van der Waals surface area contributed by atoms with Crippen LogP contribution >= 0.6 is 11.6 Å². The first-order chi connectivity index (χ1) is 16.3. The minimum absolute atomic E-state index is 0.371. The molecule has 0 unspecified atom stereocenters. The summed E-state index contributed by atoms with van der Waals surface area (Å²) < 4.78 is 7.05. The first-order valence-electron chi connectivity index (χ1n) is 10.8. The lowest BCUT2D eigenvalue weighted by Gasteiger charge is -2.24. The van der Waals surface area contributed by atoms with E-state index in [-0.39, 0.29) is 6.04 Å². The zero-order valence-corrected chi connectivity index (χ0v) is 19.9. The molecule has 4 aromatic rings. The summed E-state index contributed by atoms with van der Waals surface area (Å²) >= 11 is 6.27. The molecule has 0 fully saturated rings. The molecule has 8 nitrogen and oxygen atoms in total. The van der Waals surface area contributed by atoms with E-state index in [1.807, 2.05) is 75.4 Å². The van der Waals surface area contributed by atoms with Gasteiger partial charge < -0.3 is 10.1 Å². The summed E-state index contributed by atoms with van der Waals surface area (Å²) in [5.74, 6) is 0. The summed E-state index contributed by atoms with van der Waals surface area (Å²) in [4.78, 5) is 17.2. The number of carbonyl (C=O) groups excluding carboxylic acids is 1. The second-order valence-electron chi connectivity index (χ2n) is 8.78. The fourth-order valence-corrected chi connectivity index (χ4v) is 3.68. The highest BCUT2D eigenvalue weighted by atomic mass is 35.5. The maximum absolute atomic E-state index is 12.5. The van der Waals surface area contributed by atoms with Gasteiger partial charge >= 0.3 is 6.09 Å². The summed E-state index contributed by atoms with van der Waals surface area (Å²) in [5, 5.41) is 15.0. The number of halogens is 1. The number of rotatable bonds is 6. The smallest absolute Gasteiger partial charge is 0.408 e. The van der Waals surface area contributed by atoms with Crippen LogP contribution in [0.25, 0.3) is 16.8 Å². The monoisotopic (exact) mass is 476 g/mol. The highest BCUT2D eigenvalue weighted by molar-refractivity contribution is 6.31. The highest BCUT2D eigenvalue weighted by Gasteiger charge is 2.22. The fourth-order valence-electron chi connectivity index (χ4n) is 3.51. The molecule has 34 heavy (non-hydrogen) atoms. The Labute approximate surface area is 202 Å². The molecule has 1 N–H and O–H groups in total. The first kappa shape index (κ1) is 23.4. The van der Waals surface area contributed by atoms with Gasteiger partial charge in [-0.05, 0) is 67.4 Å². The molecule has 0 saturated carbocycles. The quantitative estimate of drug-likeness (QED) is 0.411. The number of hydrogen-bond donors (Lipinski definition) is 1. The number of carbonyl (C=O) groups is 1. The number of pyridine rings is 1. The topological polar surface area (TPSA) is 94.8 Å². The van der Waals surface area contributed by atoms with E-state index in [9.17, 15) is 4.79 Å². The zero-order valence-electron chi connectivity index (χ0n) is 19.1. The van der Waals surface area contributed by atoms with Gasteiger partial charge in [0.1, 0.15) is 11.9 Å². The number of tetrazole rings is 1. The number of amides is 1. The molecule has 0 aliphatic heterocycles. The Morgan fingerprint density at radius 1 is 1.12 bits per heavy atom. The van der Waals surface area contributed by atoms with Crippen molar-refractivity contribution in [1.82, 2.24) is 30.5 Å². The van der Waals surface area contributed by atoms with Crippen LogP contribution in [0.5, 0.6) is 0 Å². The molecular weight excluding hydrogens is 452 g/mol. The SMILES string of the molecule is CC(C)(C)OC(=O)N[C@H](Cc1ccccc1)c1ccc(-c2cc(Cl)ccc2-n2cnnn2)cn1. The number of ether oxygens (including phenoxy) is 1. The Kier molecular flexibility index (Phi) is 6.88. The molecule has 174 valence electrons. The molecule has 9 heteroatoms. The van der Waals surface area contributed by atoms with Gasteiger partial charge in [0.25, 0.3) is 0 Å². The van der Waals surface area contributed by atoms with E-state index in [1.54, 1.807) is 16.9 Å². The van der Waals surface area contributed by atoms with Gasteiger partial charge in [0.05, 0.1) is 17.4 Å². The maximum Gasteiger partial charge on any atom is 0.408 e. The van der Waals surface area contributed by atoms with Crippen LogP contribution in [0.3, 0.4) is 0 Å². The van der Waals surface area contributed by atoms with E-state index in [1.165, 1.54) is 6.33 Å². The van der Waals surface area contributed by atoms with Crippen molar-refractivity contribution in [3.05, 3.63) is 89.5 Å². The molecule has 0 radical (unpaired) electrons. The van der Waals surface area contributed by atoms with E-state index in [0.717, 1.165) is 22.4 Å². The standard InChI is InChI=1S/C25H25ClN6O2/c1-25(2,3)34-24(33)29-22(13-17-7-5-4-6-8-17)21-11-9-18(15-27-21)20-14-19(26)10-12-23(20)32-16-28-30-31-32/h4-12,14-16,22H,13H2,1-3H3,(H,29,33)/t22-/m1/s1. The van der Waals surface area contributed by atoms with Gasteiger partial charge in [-0.2, -0.15) is 4.68 Å². The van der Waals surface area contributed by atoms with Crippen LogP contribution in [0.4, 0.5) is 4.79 Å². The van der Waals surface area contributed by atoms with Crippen molar-refractivity contribution in [2.24, 2.45) is 0 Å². The van der Waals surface area contributed by atoms with Crippen LogP contribution in [0.2, 0.25) is 5.02 Å². The number of hydrogen-bond acceptors (Lipinski definition) is 6. The Hall–Kier alpha value is -3.78. The van der Waals surface area contributed by atoms with Crippen molar-refractivity contribution in [2.75, 3.05) is 0 Å². The van der Waals surface area contributed by atoms with Gasteiger partial charge in [-0.3, -0.25) is 4.98 Å². The molecule has 4 rings (SSSR count). The minimum Gasteiger partial charge on any atom is -0.444 e. The number of alkyl carbamates (subject to hydrolysis) is 1. The van der Waals surface area contributed by atoms with Crippen molar-refractivity contribution in [2.45, 2.75) is 38.8 Å².